The second kappa shape index (κ2) is 6.63. The summed E-state index contributed by atoms with van der Waals surface area (Å²) in [5, 5.41) is 9.44. The van der Waals surface area contributed by atoms with Crippen LogP contribution in [0.1, 0.15) is 29.2 Å². The van der Waals surface area contributed by atoms with Crippen molar-refractivity contribution in [1.29, 1.82) is 0 Å². The van der Waals surface area contributed by atoms with Crippen LogP contribution in [0.2, 0.25) is 0 Å². The third-order valence-electron chi connectivity index (χ3n) is 7.93. The summed E-state index contributed by atoms with van der Waals surface area (Å²) in [5.74, 6) is -0.731. The Labute approximate surface area is 205 Å². The van der Waals surface area contributed by atoms with Crippen molar-refractivity contribution >= 4 is 74.9 Å². The zero-order valence-corrected chi connectivity index (χ0v) is 21.0. The van der Waals surface area contributed by atoms with E-state index >= 15 is 0 Å². The first kappa shape index (κ1) is 20.5. The minimum Gasteiger partial charge on any atom is -0.171 e. The molecule has 0 aliphatic heterocycles. The second-order valence-corrected chi connectivity index (χ2v) is 11.7. The number of halogens is 5. The molecule has 0 bridgehead atoms. The van der Waals surface area contributed by atoms with Crippen molar-refractivity contribution in [2.24, 2.45) is 11.8 Å². The molecule has 5 aromatic carbocycles. The Hall–Kier alpha value is -1.85. The molecule has 0 heterocycles. The molecular formula is C28H19Br2F3. The predicted octanol–water partition coefficient (Wildman–Crippen LogP) is 9.27. The van der Waals surface area contributed by atoms with Crippen molar-refractivity contribution in [3.8, 4) is 0 Å². The minimum atomic E-state index is -4.20. The van der Waals surface area contributed by atoms with E-state index in [2.05, 4.69) is 69.1 Å². The Balaban J connectivity index is 1.67. The third kappa shape index (κ3) is 2.70. The van der Waals surface area contributed by atoms with Gasteiger partial charge in [0.1, 0.15) is 0 Å². The topological polar surface area (TPSA) is 0 Å². The molecule has 33 heavy (non-hydrogen) atoms. The fourth-order valence-corrected chi connectivity index (χ4v) is 7.75. The van der Waals surface area contributed by atoms with Gasteiger partial charge in [-0.2, -0.15) is 13.2 Å². The molecular weight excluding hydrogens is 553 g/mol. The quantitative estimate of drug-likeness (QED) is 0.128. The van der Waals surface area contributed by atoms with Gasteiger partial charge in [0.05, 0.1) is 5.92 Å². The van der Waals surface area contributed by atoms with Crippen molar-refractivity contribution in [3.63, 3.8) is 0 Å². The molecule has 0 spiro atoms. The van der Waals surface area contributed by atoms with Gasteiger partial charge < -0.3 is 0 Å². The summed E-state index contributed by atoms with van der Waals surface area (Å²) in [7, 11) is 0. The Bertz CT molecular complexity index is 1650. The van der Waals surface area contributed by atoms with Gasteiger partial charge in [-0.25, -0.2) is 0 Å². The number of hydrogen-bond donors (Lipinski definition) is 0. The van der Waals surface area contributed by atoms with Gasteiger partial charge in [-0.15, -0.1) is 0 Å². The molecule has 0 aromatic heterocycles. The van der Waals surface area contributed by atoms with Crippen LogP contribution in [0.5, 0.6) is 0 Å². The maximum atomic E-state index is 13.7. The minimum absolute atomic E-state index is 0.0268. The lowest BCUT2D eigenvalue weighted by molar-refractivity contribution is -0.174. The van der Waals surface area contributed by atoms with E-state index in [1.54, 1.807) is 0 Å². The summed E-state index contributed by atoms with van der Waals surface area (Å²) in [4.78, 5) is 0. The lowest BCUT2D eigenvalue weighted by Gasteiger charge is -2.30. The maximum absolute atomic E-state index is 13.7. The van der Waals surface area contributed by atoms with Crippen molar-refractivity contribution < 1.29 is 13.2 Å². The van der Waals surface area contributed by atoms with Crippen LogP contribution in [0.3, 0.4) is 0 Å². The molecule has 0 N–H and O–H groups in total. The summed E-state index contributed by atoms with van der Waals surface area (Å²) in [5.41, 5.74) is 4.37. The lowest BCUT2D eigenvalue weighted by Crippen LogP contribution is -2.29. The van der Waals surface area contributed by atoms with Crippen LogP contribution in [-0.2, 0) is 25.7 Å². The number of benzene rings is 5. The average Bonchev–Trinajstić information content (AvgIpc) is 2.77. The number of fused-ring (bicyclic) bond motifs is 2. The highest BCUT2D eigenvalue weighted by molar-refractivity contribution is 9.10. The van der Waals surface area contributed by atoms with Crippen molar-refractivity contribution in [3.05, 3.63) is 67.6 Å². The molecule has 2 atom stereocenters. The van der Waals surface area contributed by atoms with E-state index in [0.717, 1.165) is 54.5 Å². The summed E-state index contributed by atoms with van der Waals surface area (Å²) in [6, 6.07) is 12.8. The van der Waals surface area contributed by atoms with Gasteiger partial charge in [0.15, 0.2) is 0 Å². The molecule has 0 radical (unpaired) electrons. The van der Waals surface area contributed by atoms with E-state index in [1.807, 2.05) is 6.07 Å². The van der Waals surface area contributed by atoms with Crippen molar-refractivity contribution in [2.45, 2.75) is 38.8 Å². The molecule has 0 nitrogen and oxygen atoms in total. The SMILES string of the molecule is CC1Cc2ccc3c4cc(Br)c5c6c(ccc(c7cc(Br)c(c2c73)C1)c64)CC(C(F)(F)F)C5. The molecule has 166 valence electrons. The van der Waals surface area contributed by atoms with Crippen LogP contribution >= 0.6 is 31.9 Å². The molecule has 2 aliphatic rings. The lowest BCUT2D eigenvalue weighted by atomic mass is 9.76. The van der Waals surface area contributed by atoms with E-state index in [-0.39, 0.29) is 12.8 Å². The number of hydrogen-bond acceptors (Lipinski definition) is 0. The van der Waals surface area contributed by atoms with Crippen LogP contribution < -0.4 is 0 Å². The zero-order valence-electron chi connectivity index (χ0n) is 17.8. The Morgan fingerprint density at radius 1 is 0.667 bits per heavy atom. The summed E-state index contributed by atoms with van der Waals surface area (Å²) in [6.07, 6.45) is -2.00. The average molecular weight is 572 g/mol. The van der Waals surface area contributed by atoms with Crippen molar-refractivity contribution in [1.82, 2.24) is 0 Å². The first-order chi connectivity index (χ1) is 15.7. The van der Waals surface area contributed by atoms with Crippen LogP contribution in [0.15, 0.2) is 45.3 Å². The largest absolute Gasteiger partial charge is 0.392 e. The van der Waals surface area contributed by atoms with E-state index in [4.69, 9.17) is 0 Å². The third-order valence-corrected chi connectivity index (χ3v) is 9.34. The first-order valence-electron chi connectivity index (χ1n) is 11.3. The fraction of sp³-hybridized carbons (Fsp3) is 0.286. The van der Waals surface area contributed by atoms with Crippen LogP contribution in [-0.4, -0.2) is 6.18 Å². The smallest absolute Gasteiger partial charge is 0.171 e. The Morgan fingerprint density at radius 3 is 1.73 bits per heavy atom. The van der Waals surface area contributed by atoms with Gasteiger partial charge >= 0.3 is 6.18 Å². The standard InChI is InChI=1S/C28H19Br2F3/c1-12-6-13-2-4-16-19-11-23(30)21-9-15(28(31,32)33)8-14-3-5-17(27(19)25(14)21)18-10-22(29)20(7-12)24(13)26(16)18/h2-5,10-12,15H,6-9H2,1H3. The summed E-state index contributed by atoms with van der Waals surface area (Å²) < 4.78 is 43.0. The van der Waals surface area contributed by atoms with Gasteiger partial charge in [0, 0.05) is 8.95 Å². The fourth-order valence-electron chi connectivity index (χ4n) is 6.58. The highest BCUT2D eigenvalue weighted by Gasteiger charge is 2.42. The predicted molar refractivity (Wildman–Crippen MR) is 137 cm³/mol. The van der Waals surface area contributed by atoms with Crippen LogP contribution in [0.25, 0.3) is 43.1 Å². The van der Waals surface area contributed by atoms with Gasteiger partial charge in [0.25, 0.3) is 0 Å². The highest BCUT2D eigenvalue weighted by atomic mass is 79.9. The van der Waals surface area contributed by atoms with Crippen molar-refractivity contribution in [2.75, 3.05) is 0 Å². The summed E-state index contributed by atoms with van der Waals surface area (Å²) >= 11 is 7.53. The molecule has 0 saturated carbocycles. The van der Waals surface area contributed by atoms with E-state index in [9.17, 15) is 13.2 Å². The van der Waals surface area contributed by atoms with Crippen LogP contribution in [0.4, 0.5) is 13.2 Å². The van der Waals surface area contributed by atoms with Gasteiger partial charge in [-0.05, 0) is 109 Å². The number of alkyl halides is 3. The van der Waals surface area contributed by atoms with Gasteiger partial charge in [-0.1, -0.05) is 63.0 Å². The zero-order chi connectivity index (χ0) is 22.8. The van der Waals surface area contributed by atoms with E-state index in [1.165, 1.54) is 32.7 Å². The Kier molecular flexibility index (Phi) is 4.12. The first-order valence-corrected chi connectivity index (χ1v) is 12.9. The maximum Gasteiger partial charge on any atom is 0.392 e. The molecule has 5 heteroatoms. The summed E-state index contributed by atoms with van der Waals surface area (Å²) in [6.45, 7) is 2.30. The second-order valence-electron chi connectivity index (χ2n) is 9.97. The van der Waals surface area contributed by atoms with Crippen LogP contribution in [0, 0.1) is 11.8 Å². The number of rotatable bonds is 0. The molecule has 5 aromatic rings. The molecule has 7 rings (SSSR count). The molecule has 2 unspecified atom stereocenters. The molecule has 2 aliphatic carbocycles. The monoisotopic (exact) mass is 570 g/mol. The normalized spacial score (nSPS) is 20.5. The molecule has 0 amide bonds. The van der Waals surface area contributed by atoms with E-state index in [0.29, 0.717) is 5.92 Å². The van der Waals surface area contributed by atoms with E-state index < -0.39 is 12.1 Å². The molecule has 0 fully saturated rings. The molecule has 0 saturated heterocycles. The highest BCUT2D eigenvalue weighted by Crippen LogP contribution is 2.51. The van der Waals surface area contributed by atoms with Gasteiger partial charge in [0.2, 0.25) is 0 Å². The Morgan fingerprint density at radius 2 is 1.18 bits per heavy atom. The van der Waals surface area contributed by atoms with Gasteiger partial charge in [-0.3, -0.25) is 0 Å².